The van der Waals surface area contributed by atoms with Crippen LogP contribution in [0.25, 0.3) is 0 Å². The molecule has 4 nitrogen and oxygen atoms in total. The minimum Gasteiger partial charge on any atom is -0.308 e. The Balaban J connectivity index is 2.10. The molecule has 1 aliphatic heterocycles. The minimum atomic E-state index is -0.0101. The fourth-order valence-corrected chi connectivity index (χ4v) is 3.82. The topological polar surface area (TPSA) is 46.9 Å². The van der Waals surface area contributed by atoms with Crippen LogP contribution in [0, 0.1) is 6.92 Å². The third-order valence-electron chi connectivity index (χ3n) is 3.29. The van der Waals surface area contributed by atoms with Gasteiger partial charge in [0, 0.05) is 23.8 Å². The molecule has 0 bridgehead atoms. The average Bonchev–Trinajstić information content (AvgIpc) is 2.65. The van der Waals surface area contributed by atoms with Crippen molar-refractivity contribution in [2.24, 2.45) is 7.05 Å². The Labute approximate surface area is 126 Å². The number of hydrogen-bond acceptors (Lipinski definition) is 3. The van der Waals surface area contributed by atoms with Crippen LogP contribution in [0.1, 0.15) is 21.9 Å². The molecule has 0 saturated carbocycles. The van der Waals surface area contributed by atoms with Crippen molar-refractivity contribution in [1.29, 1.82) is 0 Å². The summed E-state index contributed by atoms with van der Waals surface area (Å²) in [5, 5.41) is 8.01. The number of aromatic nitrogens is 2. The van der Waals surface area contributed by atoms with Gasteiger partial charge < -0.3 is 5.32 Å². The van der Waals surface area contributed by atoms with Gasteiger partial charge in [-0.05, 0) is 30.2 Å². The smallest absolute Gasteiger partial charge is 0.235 e. The van der Waals surface area contributed by atoms with E-state index in [9.17, 15) is 4.79 Å². The van der Waals surface area contributed by atoms with Gasteiger partial charge in [0.2, 0.25) is 5.91 Å². The fraction of sp³-hybridized carbons (Fsp3) is 0.286. The van der Waals surface area contributed by atoms with Crippen LogP contribution in [0.4, 0.5) is 5.82 Å². The highest BCUT2D eigenvalue weighted by Crippen LogP contribution is 2.42. The molecule has 1 aliphatic rings. The highest BCUT2D eigenvalue weighted by molar-refractivity contribution is 8.00. The molecule has 1 amide bonds. The summed E-state index contributed by atoms with van der Waals surface area (Å²) in [5.74, 6) is 1.07. The van der Waals surface area contributed by atoms with Crippen molar-refractivity contribution in [3.63, 3.8) is 0 Å². The highest BCUT2D eigenvalue weighted by atomic mass is 35.5. The van der Waals surface area contributed by atoms with Crippen LogP contribution in [0.3, 0.4) is 0 Å². The molecule has 6 heteroatoms. The number of fused-ring (bicyclic) bond motifs is 1. The van der Waals surface area contributed by atoms with Gasteiger partial charge in [0.15, 0.2) is 5.82 Å². The van der Waals surface area contributed by atoms with E-state index in [1.807, 2.05) is 38.4 Å². The van der Waals surface area contributed by atoms with Gasteiger partial charge >= 0.3 is 0 Å². The summed E-state index contributed by atoms with van der Waals surface area (Å²) in [4.78, 5) is 11.8. The van der Waals surface area contributed by atoms with Gasteiger partial charge in [-0.1, -0.05) is 17.7 Å². The number of rotatable bonds is 1. The van der Waals surface area contributed by atoms with E-state index in [0.717, 1.165) is 16.1 Å². The standard InChI is InChI=1S/C14H14ClN3OS/c1-8-5-9(15)3-4-10(8)13-11-6-18(2)17-14(11)16-12(19)7-20-13/h3-6,13H,7H2,1-2H3,(H,16,17,19). The Kier molecular flexibility index (Phi) is 3.48. The summed E-state index contributed by atoms with van der Waals surface area (Å²) in [6, 6.07) is 5.87. The SMILES string of the molecule is Cc1cc(Cl)ccc1C1SCC(=O)Nc2nn(C)cc21. The van der Waals surface area contributed by atoms with Crippen molar-refractivity contribution < 1.29 is 4.79 Å². The van der Waals surface area contributed by atoms with Crippen LogP contribution in [-0.4, -0.2) is 21.4 Å². The quantitative estimate of drug-likeness (QED) is 0.880. The molecule has 3 rings (SSSR count). The number of carbonyl (C=O) groups is 1. The van der Waals surface area contributed by atoms with Crippen LogP contribution >= 0.6 is 23.4 Å². The normalized spacial score (nSPS) is 18.4. The zero-order valence-corrected chi connectivity index (χ0v) is 12.8. The summed E-state index contributed by atoms with van der Waals surface area (Å²) in [7, 11) is 1.86. The second kappa shape index (κ2) is 5.14. The van der Waals surface area contributed by atoms with Crippen molar-refractivity contribution in [3.8, 4) is 0 Å². The van der Waals surface area contributed by atoms with Gasteiger partial charge in [-0.15, -0.1) is 11.8 Å². The molecule has 0 spiro atoms. The molecule has 104 valence electrons. The maximum Gasteiger partial charge on any atom is 0.235 e. The van der Waals surface area contributed by atoms with E-state index < -0.39 is 0 Å². The number of nitrogens with zero attached hydrogens (tertiary/aromatic N) is 2. The summed E-state index contributed by atoms with van der Waals surface area (Å²) in [6.45, 7) is 2.04. The minimum absolute atomic E-state index is 0.0101. The van der Waals surface area contributed by atoms with Crippen LogP contribution in [-0.2, 0) is 11.8 Å². The predicted molar refractivity (Wildman–Crippen MR) is 82.3 cm³/mol. The van der Waals surface area contributed by atoms with E-state index >= 15 is 0 Å². The summed E-state index contributed by atoms with van der Waals surface area (Å²) < 4.78 is 1.73. The molecule has 2 heterocycles. The first-order valence-electron chi connectivity index (χ1n) is 6.25. The molecule has 1 aromatic carbocycles. The molecular formula is C14H14ClN3OS. The Morgan fingerprint density at radius 2 is 2.25 bits per heavy atom. The predicted octanol–water partition coefficient (Wildman–Crippen LogP) is 3.16. The Morgan fingerprint density at radius 3 is 3.00 bits per heavy atom. The van der Waals surface area contributed by atoms with Crippen molar-refractivity contribution in [3.05, 3.63) is 46.1 Å². The maximum absolute atomic E-state index is 11.8. The zero-order chi connectivity index (χ0) is 14.3. The molecule has 1 aromatic heterocycles. The number of benzene rings is 1. The Hall–Kier alpha value is -1.46. The third kappa shape index (κ3) is 2.43. The molecule has 1 N–H and O–H groups in total. The van der Waals surface area contributed by atoms with Gasteiger partial charge in [0.05, 0.1) is 11.0 Å². The first-order chi connectivity index (χ1) is 9.54. The van der Waals surface area contributed by atoms with Gasteiger partial charge in [-0.2, -0.15) is 5.10 Å². The van der Waals surface area contributed by atoms with E-state index in [1.165, 1.54) is 5.56 Å². The van der Waals surface area contributed by atoms with Gasteiger partial charge in [-0.3, -0.25) is 9.48 Å². The third-order valence-corrected chi connectivity index (χ3v) is 4.80. The summed E-state index contributed by atoms with van der Waals surface area (Å²) in [6.07, 6.45) is 1.96. The molecule has 0 aliphatic carbocycles. The monoisotopic (exact) mass is 307 g/mol. The first-order valence-corrected chi connectivity index (χ1v) is 7.68. The number of aryl methyl sites for hydroxylation is 2. The van der Waals surface area contributed by atoms with Gasteiger partial charge in [-0.25, -0.2) is 0 Å². The lowest BCUT2D eigenvalue weighted by Gasteiger charge is -2.16. The van der Waals surface area contributed by atoms with Crippen LogP contribution in [0.5, 0.6) is 0 Å². The lowest BCUT2D eigenvalue weighted by molar-refractivity contribution is -0.113. The number of nitrogens with one attached hydrogen (secondary N) is 1. The van der Waals surface area contributed by atoms with Crippen LogP contribution in [0.15, 0.2) is 24.4 Å². The zero-order valence-electron chi connectivity index (χ0n) is 11.2. The second-order valence-corrected chi connectivity index (χ2v) is 6.38. The number of hydrogen-bond donors (Lipinski definition) is 1. The molecule has 0 radical (unpaired) electrons. The number of amides is 1. The maximum atomic E-state index is 11.8. The first kappa shape index (κ1) is 13.5. The van der Waals surface area contributed by atoms with E-state index in [2.05, 4.69) is 10.4 Å². The van der Waals surface area contributed by atoms with E-state index in [-0.39, 0.29) is 11.2 Å². The second-order valence-electron chi connectivity index (χ2n) is 4.85. The molecule has 20 heavy (non-hydrogen) atoms. The van der Waals surface area contributed by atoms with Crippen LogP contribution < -0.4 is 5.32 Å². The van der Waals surface area contributed by atoms with E-state index in [1.54, 1.807) is 16.4 Å². The molecule has 0 saturated heterocycles. The summed E-state index contributed by atoms with van der Waals surface area (Å²) >= 11 is 7.64. The van der Waals surface area contributed by atoms with Crippen LogP contribution in [0.2, 0.25) is 5.02 Å². The van der Waals surface area contributed by atoms with E-state index in [4.69, 9.17) is 11.6 Å². The van der Waals surface area contributed by atoms with Crippen molar-refractivity contribution in [2.75, 3.05) is 11.1 Å². The van der Waals surface area contributed by atoms with Crippen molar-refractivity contribution >= 4 is 35.1 Å². The number of anilines is 1. The largest absolute Gasteiger partial charge is 0.308 e. The fourth-order valence-electron chi connectivity index (χ4n) is 2.40. The molecule has 1 atom stereocenters. The Morgan fingerprint density at radius 1 is 1.45 bits per heavy atom. The number of carbonyl (C=O) groups excluding carboxylic acids is 1. The Bertz CT molecular complexity index is 683. The lowest BCUT2D eigenvalue weighted by Crippen LogP contribution is -2.13. The number of thioether (sulfide) groups is 1. The molecule has 1 unspecified atom stereocenters. The van der Waals surface area contributed by atoms with E-state index in [0.29, 0.717) is 11.6 Å². The van der Waals surface area contributed by atoms with Crippen molar-refractivity contribution in [2.45, 2.75) is 12.2 Å². The highest BCUT2D eigenvalue weighted by Gasteiger charge is 2.27. The van der Waals surface area contributed by atoms with Crippen molar-refractivity contribution in [1.82, 2.24) is 9.78 Å². The van der Waals surface area contributed by atoms with Gasteiger partial charge in [0.25, 0.3) is 0 Å². The van der Waals surface area contributed by atoms with Gasteiger partial charge in [0.1, 0.15) is 0 Å². The lowest BCUT2D eigenvalue weighted by atomic mass is 10.0. The average molecular weight is 308 g/mol. The number of halogens is 1. The molecule has 2 aromatic rings. The molecule has 0 fully saturated rings. The molecular weight excluding hydrogens is 294 g/mol. The summed E-state index contributed by atoms with van der Waals surface area (Å²) in [5.41, 5.74) is 3.33.